The smallest absolute Gasteiger partial charge is 0.352 e. The number of hydrogen-bond donors (Lipinski definition) is 2. The lowest BCUT2D eigenvalue weighted by molar-refractivity contribution is 0.0691. The highest BCUT2D eigenvalue weighted by Crippen LogP contribution is 2.18. The molecule has 14 heavy (non-hydrogen) atoms. The predicted octanol–water partition coefficient (Wildman–Crippen LogP) is 1.27. The Hall–Kier alpha value is -2.04. The van der Waals surface area contributed by atoms with Crippen molar-refractivity contribution in [2.75, 3.05) is 7.11 Å². The van der Waals surface area contributed by atoms with Crippen LogP contribution >= 0.6 is 0 Å². The minimum absolute atomic E-state index is 0.126. The zero-order valence-corrected chi connectivity index (χ0v) is 7.44. The predicted molar refractivity (Wildman–Crippen MR) is 49.6 cm³/mol. The number of pyridine rings is 1. The van der Waals surface area contributed by atoms with Crippen LogP contribution in [0.4, 0.5) is 0 Å². The van der Waals surface area contributed by atoms with Crippen LogP contribution in [0.25, 0.3) is 11.0 Å². The largest absolute Gasteiger partial charge is 0.495 e. The third-order valence-electron chi connectivity index (χ3n) is 1.91. The summed E-state index contributed by atoms with van der Waals surface area (Å²) in [6.45, 7) is 0. The molecule has 0 amide bonds. The van der Waals surface area contributed by atoms with Gasteiger partial charge in [0.1, 0.15) is 11.4 Å². The molecular weight excluding hydrogens is 184 g/mol. The van der Waals surface area contributed by atoms with Gasteiger partial charge in [0.2, 0.25) is 0 Å². The maximum atomic E-state index is 10.6. The second-order valence-electron chi connectivity index (χ2n) is 2.80. The third-order valence-corrected chi connectivity index (χ3v) is 1.91. The average Bonchev–Trinajstić information content (AvgIpc) is 2.59. The van der Waals surface area contributed by atoms with Gasteiger partial charge in [-0.15, -0.1) is 0 Å². The van der Waals surface area contributed by atoms with Crippen molar-refractivity contribution in [2.45, 2.75) is 0 Å². The van der Waals surface area contributed by atoms with Crippen LogP contribution in [0.5, 0.6) is 5.75 Å². The first-order chi connectivity index (χ1) is 6.70. The first-order valence-corrected chi connectivity index (χ1v) is 3.97. The van der Waals surface area contributed by atoms with Gasteiger partial charge in [-0.25, -0.2) is 4.79 Å². The summed E-state index contributed by atoms with van der Waals surface area (Å²) < 4.78 is 4.96. The first-order valence-electron chi connectivity index (χ1n) is 3.97. The molecule has 0 atom stereocenters. The highest BCUT2D eigenvalue weighted by molar-refractivity contribution is 5.92. The van der Waals surface area contributed by atoms with Gasteiger partial charge in [-0.1, -0.05) is 0 Å². The van der Waals surface area contributed by atoms with E-state index < -0.39 is 5.97 Å². The van der Waals surface area contributed by atoms with E-state index in [-0.39, 0.29) is 5.69 Å². The highest BCUT2D eigenvalue weighted by atomic mass is 16.5. The molecule has 0 aromatic carbocycles. The van der Waals surface area contributed by atoms with Crippen molar-refractivity contribution in [1.82, 2.24) is 9.97 Å². The van der Waals surface area contributed by atoms with Gasteiger partial charge >= 0.3 is 5.97 Å². The molecule has 0 aliphatic heterocycles. The number of aromatic nitrogens is 2. The van der Waals surface area contributed by atoms with Crippen LogP contribution < -0.4 is 4.74 Å². The van der Waals surface area contributed by atoms with E-state index in [0.29, 0.717) is 16.8 Å². The van der Waals surface area contributed by atoms with Crippen molar-refractivity contribution >= 4 is 17.0 Å². The van der Waals surface area contributed by atoms with Crippen LogP contribution in [0.2, 0.25) is 0 Å². The summed E-state index contributed by atoms with van der Waals surface area (Å²) >= 11 is 0. The Balaban J connectivity index is 2.60. The SMILES string of the molecule is COc1cnc2cc(C(=O)O)[nH]c2c1. The normalized spacial score (nSPS) is 10.4. The zero-order chi connectivity index (χ0) is 10.1. The number of aromatic carboxylic acids is 1. The number of methoxy groups -OCH3 is 1. The van der Waals surface area contributed by atoms with Gasteiger partial charge in [-0.05, 0) is 6.07 Å². The van der Waals surface area contributed by atoms with E-state index in [2.05, 4.69) is 9.97 Å². The van der Waals surface area contributed by atoms with E-state index >= 15 is 0 Å². The van der Waals surface area contributed by atoms with E-state index in [1.54, 1.807) is 12.3 Å². The van der Waals surface area contributed by atoms with E-state index in [1.165, 1.54) is 13.2 Å². The molecule has 2 N–H and O–H groups in total. The number of carboxylic acid groups (broad SMARTS) is 1. The Bertz CT molecular complexity index is 490. The molecule has 0 fully saturated rings. The quantitative estimate of drug-likeness (QED) is 0.751. The Kier molecular flexibility index (Phi) is 1.85. The van der Waals surface area contributed by atoms with Crippen molar-refractivity contribution < 1.29 is 14.6 Å². The molecule has 0 bridgehead atoms. The molecule has 2 heterocycles. The Morgan fingerprint density at radius 3 is 3.00 bits per heavy atom. The van der Waals surface area contributed by atoms with E-state index in [9.17, 15) is 4.79 Å². The molecule has 0 saturated carbocycles. The number of ether oxygens (including phenoxy) is 1. The van der Waals surface area contributed by atoms with Crippen molar-refractivity contribution in [1.29, 1.82) is 0 Å². The summed E-state index contributed by atoms with van der Waals surface area (Å²) in [4.78, 5) is 17.4. The summed E-state index contributed by atoms with van der Waals surface area (Å²) in [5, 5.41) is 8.72. The standard InChI is InChI=1S/C9H8N2O3/c1-14-5-2-7-6(10-4-5)3-8(11-7)9(12)13/h2-4,11H,1H3,(H,12,13). The molecule has 5 heteroatoms. The molecule has 2 rings (SSSR count). The Morgan fingerprint density at radius 1 is 1.57 bits per heavy atom. The number of nitrogens with zero attached hydrogens (tertiary/aromatic N) is 1. The van der Waals surface area contributed by atoms with Gasteiger partial charge in [0, 0.05) is 6.07 Å². The van der Waals surface area contributed by atoms with Gasteiger partial charge in [0.25, 0.3) is 0 Å². The third kappa shape index (κ3) is 1.28. The summed E-state index contributed by atoms with van der Waals surface area (Å²) in [6, 6.07) is 3.19. The summed E-state index contributed by atoms with van der Waals surface area (Å²) in [5.74, 6) is -0.404. The summed E-state index contributed by atoms with van der Waals surface area (Å²) in [7, 11) is 1.53. The van der Waals surface area contributed by atoms with Gasteiger partial charge in [0.15, 0.2) is 0 Å². The molecular formula is C9H8N2O3. The number of fused-ring (bicyclic) bond motifs is 1. The highest BCUT2D eigenvalue weighted by Gasteiger charge is 2.08. The van der Waals surface area contributed by atoms with Crippen LogP contribution in [0, 0.1) is 0 Å². The average molecular weight is 192 g/mol. The number of rotatable bonds is 2. The minimum Gasteiger partial charge on any atom is -0.495 e. The van der Waals surface area contributed by atoms with Gasteiger partial charge in [0.05, 0.1) is 24.3 Å². The maximum absolute atomic E-state index is 10.6. The first kappa shape index (κ1) is 8.55. The fourth-order valence-corrected chi connectivity index (χ4v) is 1.22. The molecule has 2 aromatic heterocycles. The van der Waals surface area contributed by atoms with Crippen LogP contribution in [0.3, 0.4) is 0 Å². The van der Waals surface area contributed by atoms with Crippen molar-refractivity contribution in [3.8, 4) is 5.75 Å². The fraction of sp³-hybridized carbons (Fsp3) is 0.111. The van der Waals surface area contributed by atoms with Gasteiger partial charge in [-0.3, -0.25) is 4.98 Å². The van der Waals surface area contributed by atoms with Crippen LogP contribution in [0.1, 0.15) is 10.5 Å². The molecule has 0 aliphatic rings. The van der Waals surface area contributed by atoms with Gasteiger partial charge in [-0.2, -0.15) is 0 Å². The monoisotopic (exact) mass is 192 g/mol. The van der Waals surface area contributed by atoms with Crippen molar-refractivity contribution in [3.63, 3.8) is 0 Å². The maximum Gasteiger partial charge on any atom is 0.352 e. The lowest BCUT2D eigenvalue weighted by Gasteiger charge is -1.96. The fourth-order valence-electron chi connectivity index (χ4n) is 1.22. The number of aromatic amines is 1. The number of nitrogens with one attached hydrogen (secondary N) is 1. The number of H-pyrrole nitrogens is 1. The van der Waals surface area contributed by atoms with Crippen LogP contribution in [-0.4, -0.2) is 28.2 Å². The van der Waals surface area contributed by atoms with E-state index in [1.807, 2.05) is 0 Å². The van der Waals surface area contributed by atoms with E-state index in [0.717, 1.165) is 0 Å². The molecule has 0 aliphatic carbocycles. The molecule has 0 radical (unpaired) electrons. The number of hydrogen-bond acceptors (Lipinski definition) is 3. The second kappa shape index (κ2) is 3.02. The second-order valence-corrected chi connectivity index (χ2v) is 2.80. The zero-order valence-electron chi connectivity index (χ0n) is 7.44. The van der Waals surface area contributed by atoms with Crippen LogP contribution in [0.15, 0.2) is 18.3 Å². The Labute approximate surface area is 79.3 Å². The lowest BCUT2D eigenvalue weighted by Crippen LogP contribution is -1.94. The summed E-state index contributed by atoms with van der Waals surface area (Å²) in [6.07, 6.45) is 1.54. The van der Waals surface area contributed by atoms with Crippen molar-refractivity contribution in [2.24, 2.45) is 0 Å². The topological polar surface area (TPSA) is 75.2 Å². The number of carbonyl (C=O) groups is 1. The lowest BCUT2D eigenvalue weighted by atomic mass is 10.3. The van der Waals surface area contributed by atoms with Crippen molar-refractivity contribution in [3.05, 3.63) is 24.0 Å². The van der Waals surface area contributed by atoms with Gasteiger partial charge < -0.3 is 14.8 Å². The molecule has 2 aromatic rings. The molecule has 72 valence electrons. The molecule has 0 spiro atoms. The number of carboxylic acids is 1. The minimum atomic E-state index is -0.998. The van der Waals surface area contributed by atoms with Crippen LogP contribution in [-0.2, 0) is 0 Å². The molecule has 5 nitrogen and oxygen atoms in total. The molecule has 0 saturated heterocycles. The van der Waals surface area contributed by atoms with E-state index in [4.69, 9.17) is 9.84 Å². The summed E-state index contributed by atoms with van der Waals surface area (Å²) in [5.41, 5.74) is 1.39. The molecule has 0 unspecified atom stereocenters. The Morgan fingerprint density at radius 2 is 2.36 bits per heavy atom.